The predicted molar refractivity (Wildman–Crippen MR) is 76.7 cm³/mol. The Morgan fingerprint density at radius 3 is 2.78 bits per heavy atom. The molecular weight excluding hydrogens is 226 g/mol. The molecule has 1 aliphatic heterocycles. The van der Waals surface area contributed by atoms with E-state index in [1.807, 2.05) is 6.92 Å². The highest BCUT2D eigenvalue weighted by Gasteiger charge is 2.21. The third-order valence-corrected chi connectivity index (χ3v) is 4.14. The third kappa shape index (κ3) is 5.65. The van der Waals surface area contributed by atoms with Crippen molar-refractivity contribution in [3.05, 3.63) is 0 Å². The summed E-state index contributed by atoms with van der Waals surface area (Å²) in [5.41, 5.74) is 4.84. The number of likely N-dealkylation sites (N-methyl/N-ethyl adjacent to an activating group) is 2. The molecule has 2 atom stereocenters. The van der Waals surface area contributed by atoms with Crippen molar-refractivity contribution in [3.8, 4) is 0 Å². The zero-order chi connectivity index (χ0) is 13.6. The SMILES string of the molecule is CN1CCCC(N(C)CCCCC(C)(O)CN)C1. The standard InChI is InChI=1S/C14H31N3O/c1-14(18,12-15)8-4-5-10-17(3)13-7-6-9-16(2)11-13/h13,18H,4-12,15H2,1-3H3. The van der Waals surface area contributed by atoms with Crippen LogP contribution < -0.4 is 5.73 Å². The largest absolute Gasteiger partial charge is 0.389 e. The molecule has 18 heavy (non-hydrogen) atoms. The summed E-state index contributed by atoms with van der Waals surface area (Å²) in [6.45, 7) is 5.74. The quantitative estimate of drug-likeness (QED) is 0.665. The molecule has 2 unspecified atom stereocenters. The van der Waals surface area contributed by atoms with Gasteiger partial charge in [0.2, 0.25) is 0 Å². The Labute approximate surface area is 112 Å². The molecule has 1 saturated heterocycles. The number of nitrogens with two attached hydrogens (primary N) is 1. The van der Waals surface area contributed by atoms with Gasteiger partial charge in [-0.1, -0.05) is 0 Å². The number of likely N-dealkylation sites (tertiary alicyclic amines) is 1. The van der Waals surface area contributed by atoms with E-state index in [4.69, 9.17) is 5.73 Å². The van der Waals surface area contributed by atoms with Crippen molar-refractivity contribution >= 4 is 0 Å². The van der Waals surface area contributed by atoms with E-state index in [0.29, 0.717) is 12.6 Å². The predicted octanol–water partition coefficient (Wildman–Crippen LogP) is 0.892. The second kappa shape index (κ2) is 7.43. The first-order valence-electron chi connectivity index (χ1n) is 7.26. The smallest absolute Gasteiger partial charge is 0.0741 e. The monoisotopic (exact) mass is 257 g/mol. The van der Waals surface area contributed by atoms with Gasteiger partial charge in [0.05, 0.1) is 5.60 Å². The molecule has 0 bridgehead atoms. The van der Waals surface area contributed by atoms with Gasteiger partial charge >= 0.3 is 0 Å². The van der Waals surface area contributed by atoms with Crippen LogP contribution in [-0.2, 0) is 0 Å². The van der Waals surface area contributed by atoms with E-state index in [1.165, 1.54) is 25.9 Å². The lowest BCUT2D eigenvalue weighted by Gasteiger charge is -2.36. The first-order chi connectivity index (χ1) is 8.44. The van der Waals surface area contributed by atoms with Gasteiger partial charge in [0.25, 0.3) is 0 Å². The van der Waals surface area contributed by atoms with Crippen molar-refractivity contribution in [3.63, 3.8) is 0 Å². The van der Waals surface area contributed by atoms with Gasteiger partial charge in [-0.3, -0.25) is 0 Å². The molecular formula is C14H31N3O. The van der Waals surface area contributed by atoms with E-state index in [1.54, 1.807) is 0 Å². The maximum atomic E-state index is 9.83. The summed E-state index contributed by atoms with van der Waals surface area (Å²) in [6.07, 6.45) is 5.64. The Balaban J connectivity index is 2.15. The van der Waals surface area contributed by atoms with Crippen LogP contribution in [0.2, 0.25) is 0 Å². The average molecular weight is 257 g/mol. The summed E-state index contributed by atoms with van der Waals surface area (Å²) in [5.74, 6) is 0. The van der Waals surface area contributed by atoms with E-state index >= 15 is 0 Å². The molecule has 0 radical (unpaired) electrons. The number of nitrogens with zero attached hydrogens (tertiary/aromatic N) is 2. The lowest BCUT2D eigenvalue weighted by atomic mass is 9.99. The van der Waals surface area contributed by atoms with Gasteiger partial charge in [-0.2, -0.15) is 0 Å². The van der Waals surface area contributed by atoms with Crippen LogP contribution in [0.3, 0.4) is 0 Å². The normalized spacial score (nSPS) is 25.3. The molecule has 4 heteroatoms. The van der Waals surface area contributed by atoms with E-state index in [0.717, 1.165) is 25.8 Å². The minimum atomic E-state index is -0.677. The van der Waals surface area contributed by atoms with Crippen LogP contribution in [0.5, 0.6) is 0 Å². The van der Waals surface area contributed by atoms with Crippen LogP contribution in [0.15, 0.2) is 0 Å². The molecule has 1 heterocycles. The Kier molecular flexibility index (Phi) is 6.57. The minimum absolute atomic E-state index is 0.357. The highest BCUT2D eigenvalue weighted by Crippen LogP contribution is 2.16. The molecule has 0 amide bonds. The fraction of sp³-hybridized carbons (Fsp3) is 1.00. The first kappa shape index (κ1) is 15.9. The first-order valence-corrected chi connectivity index (χ1v) is 7.26. The second-order valence-corrected chi connectivity index (χ2v) is 6.20. The summed E-state index contributed by atoms with van der Waals surface area (Å²) >= 11 is 0. The molecule has 3 N–H and O–H groups in total. The van der Waals surface area contributed by atoms with Crippen molar-refractivity contribution in [1.82, 2.24) is 9.80 Å². The summed E-state index contributed by atoms with van der Waals surface area (Å²) in [6, 6.07) is 0.707. The molecule has 0 aliphatic carbocycles. The number of unbranched alkanes of at least 4 members (excludes halogenated alkanes) is 1. The average Bonchev–Trinajstić information content (AvgIpc) is 2.34. The molecule has 1 aliphatic rings. The zero-order valence-corrected chi connectivity index (χ0v) is 12.4. The van der Waals surface area contributed by atoms with Crippen molar-refractivity contribution in [1.29, 1.82) is 0 Å². The lowest BCUT2D eigenvalue weighted by Crippen LogP contribution is -2.45. The van der Waals surface area contributed by atoms with Crippen LogP contribution in [-0.4, -0.2) is 66.8 Å². The second-order valence-electron chi connectivity index (χ2n) is 6.20. The van der Waals surface area contributed by atoms with Crippen LogP contribution in [0.1, 0.15) is 39.0 Å². The highest BCUT2D eigenvalue weighted by atomic mass is 16.3. The zero-order valence-electron chi connectivity index (χ0n) is 12.4. The van der Waals surface area contributed by atoms with Crippen molar-refractivity contribution in [2.45, 2.75) is 50.7 Å². The molecule has 4 nitrogen and oxygen atoms in total. The highest BCUT2D eigenvalue weighted by molar-refractivity contribution is 4.78. The molecule has 0 aromatic heterocycles. The molecule has 108 valence electrons. The number of rotatable bonds is 7. The summed E-state index contributed by atoms with van der Waals surface area (Å²) < 4.78 is 0. The van der Waals surface area contributed by atoms with Crippen LogP contribution in [0.4, 0.5) is 0 Å². The van der Waals surface area contributed by atoms with Crippen molar-refractivity contribution in [2.75, 3.05) is 40.3 Å². The van der Waals surface area contributed by atoms with Gasteiger partial charge in [-0.05, 0) is 66.2 Å². The molecule has 0 spiro atoms. The Morgan fingerprint density at radius 2 is 2.17 bits per heavy atom. The van der Waals surface area contributed by atoms with Crippen LogP contribution >= 0.6 is 0 Å². The fourth-order valence-electron chi connectivity index (χ4n) is 2.65. The summed E-state index contributed by atoms with van der Waals surface area (Å²) in [7, 11) is 4.43. The Morgan fingerprint density at radius 1 is 1.44 bits per heavy atom. The van der Waals surface area contributed by atoms with Gasteiger partial charge < -0.3 is 20.6 Å². The maximum absolute atomic E-state index is 9.83. The van der Waals surface area contributed by atoms with Crippen molar-refractivity contribution < 1.29 is 5.11 Å². The van der Waals surface area contributed by atoms with Gasteiger partial charge in [0, 0.05) is 19.1 Å². The Hall–Kier alpha value is -0.160. The molecule has 1 rings (SSSR count). The number of hydrogen-bond acceptors (Lipinski definition) is 4. The van der Waals surface area contributed by atoms with Gasteiger partial charge in [0.15, 0.2) is 0 Å². The maximum Gasteiger partial charge on any atom is 0.0741 e. The van der Waals surface area contributed by atoms with Crippen LogP contribution in [0, 0.1) is 0 Å². The van der Waals surface area contributed by atoms with E-state index < -0.39 is 5.60 Å². The van der Waals surface area contributed by atoms with Gasteiger partial charge in [0.1, 0.15) is 0 Å². The Bertz CT molecular complexity index is 233. The fourth-order valence-corrected chi connectivity index (χ4v) is 2.65. The molecule has 0 aromatic carbocycles. The van der Waals surface area contributed by atoms with Gasteiger partial charge in [-0.25, -0.2) is 0 Å². The number of hydrogen-bond donors (Lipinski definition) is 2. The van der Waals surface area contributed by atoms with Crippen molar-refractivity contribution in [2.24, 2.45) is 5.73 Å². The van der Waals surface area contributed by atoms with E-state index in [9.17, 15) is 5.11 Å². The topological polar surface area (TPSA) is 52.7 Å². The van der Waals surface area contributed by atoms with Crippen LogP contribution in [0.25, 0.3) is 0 Å². The lowest BCUT2D eigenvalue weighted by molar-refractivity contribution is 0.0555. The van der Waals surface area contributed by atoms with Gasteiger partial charge in [-0.15, -0.1) is 0 Å². The summed E-state index contributed by atoms with van der Waals surface area (Å²) in [5, 5.41) is 9.83. The van der Waals surface area contributed by atoms with E-state index in [2.05, 4.69) is 23.9 Å². The molecule has 1 fully saturated rings. The minimum Gasteiger partial charge on any atom is -0.389 e. The van der Waals surface area contributed by atoms with E-state index in [-0.39, 0.29) is 0 Å². The summed E-state index contributed by atoms with van der Waals surface area (Å²) in [4.78, 5) is 4.90. The molecule has 0 saturated carbocycles. The third-order valence-electron chi connectivity index (χ3n) is 4.14. The number of piperidine rings is 1. The molecule has 0 aromatic rings. The number of aliphatic hydroxyl groups is 1.